The molecule has 5 nitrogen and oxygen atoms in total. The molecule has 23 heavy (non-hydrogen) atoms. The lowest BCUT2D eigenvalue weighted by Crippen LogP contribution is -2.54. The molecule has 0 amide bonds. The highest BCUT2D eigenvalue weighted by Gasteiger charge is 2.30. The number of imidazole rings is 1. The molecule has 8 heteroatoms. The first kappa shape index (κ1) is 18.2. The molecule has 2 rings (SSSR count). The Morgan fingerprint density at radius 3 is 2.74 bits per heavy atom. The average Bonchev–Trinajstić information content (AvgIpc) is 2.85. The topological polar surface area (TPSA) is 44.5 Å². The van der Waals surface area contributed by atoms with Crippen LogP contribution in [0.5, 0.6) is 0 Å². The Labute approximate surface area is 134 Å². The molecule has 0 spiro atoms. The number of nitrogens with zero attached hydrogens (tertiary/aromatic N) is 4. The van der Waals surface area contributed by atoms with E-state index in [1.165, 1.54) is 17.0 Å². The van der Waals surface area contributed by atoms with E-state index in [2.05, 4.69) is 21.7 Å². The van der Waals surface area contributed by atoms with E-state index in [9.17, 15) is 18.3 Å². The lowest BCUT2D eigenvalue weighted by molar-refractivity contribution is -0.141. The Balaban J connectivity index is 1.96. The van der Waals surface area contributed by atoms with E-state index in [-0.39, 0.29) is 6.10 Å². The van der Waals surface area contributed by atoms with Gasteiger partial charge in [0.15, 0.2) is 0 Å². The molecule has 1 fully saturated rings. The molecule has 0 aliphatic carbocycles. The quantitative estimate of drug-likeness (QED) is 0.860. The van der Waals surface area contributed by atoms with Gasteiger partial charge in [0.2, 0.25) is 0 Å². The van der Waals surface area contributed by atoms with Crippen molar-refractivity contribution in [2.45, 2.75) is 51.7 Å². The van der Waals surface area contributed by atoms with E-state index in [0.717, 1.165) is 26.1 Å². The summed E-state index contributed by atoms with van der Waals surface area (Å²) >= 11 is 0. The Morgan fingerprint density at radius 2 is 2.13 bits per heavy atom. The van der Waals surface area contributed by atoms with Crippen molar-refractivity contribution in [3.05, 3.63) is 18.2 Å². The van der Waals surface area contributed by atoms with Gasteiger partial charge in [-0.1, -0.05) is 6.92 Å². The highest BCUT2D eigenvalue weighted by molar-refractivity contribution is 4.95. The molecule has 132 valence electrons. The zero-order valence-electron chi connectivity index (χ0n) is 13.6. The number of aromatic nitrogens is 2. The van der Waals surface area contributed by atoms with E-state index in [4.69, 9.17) is 0 Å². The van der Waals surface area contributed by atoms with Crippen LogP contribution < -0.4 is 0 Å². The fourth-order valence-electron chi connectivity index (χ4n) is 3.10. The second-order valence-electron chi connectivity index (χ2n) is 6.23. The van der Waals surface area contributed by atoms with Crippen LogP contribution in [0.4, 0.5) is 13.2 Å². The van der Waals surface area contributed by atoms with E-state index < -0.39 is 12.7 Å². The van der Waals surface area contributed by atoms with E-state index in [1.54, 1.807) is 6.92 Å². The van der Waals surface area contributed by atoms with Crippen molar-refractivity contribution >= 4 is 0 Å². The lowest BCUT2D eigenvalue weighted by Gasteiger charge is -2.41. The number of piperazine rings is 1. The summed E-state index contributed by atoms with van der Waals surface area (Å²) in [7, 11) is 0. The number of aliphatic hydroxyl groups excluding tert-OH is 1. The van der Waals surface area contributed by atoms with E-state index in [0.29, 0.717) is 25.0 Å². The zero-order valence-corrected chi connectivity index (χ0v) is 13.6. The van der Waals surface area contributed by atoms with Gasteiger partial charge in [-0.15, -0.1) is 0 Å². The summed E-state index contributed by atoms with van der Waals surface area (Å²) in [6.45, 7) is 6.27. The number of hydrogen-bond acceptors (Lipinski definition) is 4. The molecule has 2 heterocycles. The monoisotopic (exact) mass is 334 g/mol. The number of halogens is 3. The summed E-state index contributed by atoms with van der Waals surface area (Å²) in [5.41, 5.74) is 0. The van der Waals surface area contributed by atoms with Crippen LogP contribution in [0.25, 0.3) is 0 Å². The first-order chi connectivity index (χ1) is 10.8. The predicted octanol–water partition coefficient (Wildman–Crippen LogP) is 1.72. The summed E-state index contributed by atoms with van der Waals surface area (Å²) in [6, 6.07) is 0.310. The molecule has 0 bridgehead atoms. The van der Waals surface area contributed by atoms with Gasteiger partial charge in [-0.3, -0.25) is 9.80 Å². The molecule has 0 radical (unpaired) electrons. The third kappa shape index (κ3) is 5.47. The van der Waals surface area contributed by atoms with Gasteiger partial charge < -0.3 is 9.67 Å². The fraction of sp³-hybridized carbons (Fsp3) is 0.800. The number of alkyl halides is 3. The van der Waals surface area contributed by atoms with Crippen molar-refractivity contribution in [3.8, 4) is 0 Å². The van der Waals surface area contributed by atoms with Crippen molar-refractivity contribution in [3.63, 3.8) is 0 Å². The van der Waals surface area contributed by atoms with Crippen LogP contribution in [0.3, 0.4) is 0 Å². The molecule has 2 atom stereocenters. The van der Waals surface area contributed by atoms with Crippen LogP contribution in [-0.4, -0.2) is 69.0 Å². The van der Waals surface area contributed by atoms with E-state index in [1.807, 2.05) is 0 Å². The van der Waals surface area contributed by atoms with Gasteiger partial charge in [0, 0.05) is 44.6 Å². The Hall–Kier alpha value is -1.12. The van der Waals surface area contributed by atoms with Gasteiger partial charge in [0.05, 0.1) is 12.6 Å². The minimum Gasteiger partial charge on any atom is -0.392 e. The molecule has 0 unspecified atom stereocenters. The maximum atomic E-state index is 12.6. The third-order valence-electron chi connectivity index (χ3n) is 4.18. The van der Waals surface area contributed by atoms with Crippen LogP contribution in [-0.2, 0) is 13.1 Å². The van der Waals surface area contributed by atoms with Crippen LogP contribution in [0.2, 0.25) is 0 Å². The van der Waals surface area contributed by atoms with Crippen molar-refractivity contribution in [2.24, 2.45) is 0 Å². The van der Waals surface area contributed by atoms with Crippen molar-refractivity contribution in [2.75, 3.05) is 26.2 Å². The van der Waals surface area contributed by atoms with Crippen LogP contribution in [0.15, 0.2) is 12.4 Å². The molecule has 0 saturated carbocycles. The van der Waals surface area contributed by atoms with Crippen LogP contribution >= 0.6 is 0 Å². The molecule has 1 aliphatic rings. The predicted molar refractivity (Wildman–Crippen MR) is 80.9 cm³/mol. The SMILES string of the molecule is CC[C@@H]1CN(Cc2nccn2CC(F)(F)F)CCN1C[C@@H](C)O. The smallest absolute Gasteiger partial charge is 0.392 e. The molecule has 1 aromatic rings. The minimum atomic E-state index is -4.24. The van der Waals surface area contributed by atoms with Gasteiger partial charge in [-0.05, 0) is 13.3 Å². The van der Waals surface area contributed by atoms with Gasteiger partial charge in [-0.25, -0.2) is 4.98 Å². The Morgan fingerprint density at radius 1 is 1.39 bits per heavy atom. The van der Waals surface area contributed by atoms with Gasteiger partial charge in [0.25, 0.3) is 0 Å². The second kappa shape index (κ2) is 7.63. The molecular formula is C15H25F3N4O. The van der Waals surface area contributed by atoms with Gasteiger partial charge in [-0.2, -0.15) is 13.2 Å². The maximum Gasteiger partial charge on any atom is 0.406 e. The number of aliphatic hydroxyl groups is 1. The first-order valence-electron chi connectivity index (χ1n) is 7.99. The highest BCUT2D eigenvalue weighted by atomic mass is 19.4. The normalized spacial score (nSPS) is 22.4. The van der Waals surface area contributed by atoms with Crippen LogP contribution in [0, 0.1) is 0 Å². The van der Waals surface area contributed by atoms with E-state index >= 15 is 0 Å². The highest BCUT2D eigenvalue weighted by Crippen LogP contribution is 2.20. The molecular weight excluding hydrogens is 309 g/mol. The summed E-state index contributed by atoms with van der Waals surface area (Å²) in [5.74, 6) is 0.446. The minimum absolute atomic E-state index is 0.310. The Kier molecular flexibility index (Phi) is 6.05. The summed E-state index contributed by atoms with van der Waals surface area (Å²) in [5, 5.41) is 9.56. The fourth-order valence-corrected chi connectivity index (χ4v) is 3.10. The number of hydrogen-bond donors (Lipinski definition) is 1. The number of rotatable bonds is 6. The second-order valence-corrected chi connectivity index (χ2v) is 6.23. The van der Waals surface area contributed by atoms with Crippen molar-refractivity contribution in [1.82, 2.24) is 19.4 Å². The average molecular weight is 334 g/mol. The summed E-state index contributed by atoms with van der Waals surface area (Å²) < 4.78 is 38.9. The van der Waals surface area contributed by atoms with Crippen molar-refractivity contribution in [1.29, 1.82) is 0 Å². The molecule has 1 aromatic heterocycles. The zero-order chi connectivity index (χ0) is 17.0. The third-order valence-corrected chi connectivity index (χ3v) is 4.18. The molecule has 1 N–H and O–H groups in total. The molecule has 1 aliphatic heterocycles. The van der Waals surface area contributed by atoms with Crippen LogP contribution in [0.1, 0.15) is 26.1 Å². The Bertz CT molecular complexity index is 489. The van der Waals surface area contributed by atoms with Crippen molar-refractivity contribution < 1.29 is 18.3 Å². The summed E-state index contributed by atoms with van der Waals surface area (Å²) in [6.07, 6.45) is -0.870. The molecule has 0 aromatic carbocycles. The van der Waals surface area contributed by atoms with Gasteiger partial charge >= 0.3 is 6.18 Å². The summed E-state index contributed by atoms with van der Waals surface area (Å²) in [4.78, 5) is 8.47. The largest absolute Gasteiger partial charge is 0.406 e. The van der Waals surface area contributed by atoms with Gasteiger partial charge in [0.1, 0.15) is 12.4 Å². The number of β-amino-alcohol motifs (C(OH)–C–C–N with tert-alkyl or cyclic N) is 1. The standard InChI is InChI=1S/C15H25F3N4O/c1-3-13-9-20(6-7-21(13)8-12(2)23)10-14-19-4-5-22(14)11-15(16,17)18/h4-5,12-13,23H,3,6-11H2,1-2H3/t12-,13-/m1/s1. The maximum absolute atomic E-state index is 12.6. The molecule has 1 saturated heterocycles. The lowest BCUT2D eigenvalue weighted by atomic mass is 10.1. The first-order valence-corrected chi connectivity index (χ1v) is 7.99.